The minimum absolute atomic E-state index is 0.332. The zero-order valence-electron chi connectivity index (χ0n) is 17.5. The zero-order valence-corrected chi connectivity index (χ0v) is 17.5. The molecule has 0 heterocycles. The Morgan fingerprint density at radius 1 is 1.11 bits per heavy atom. The number of aryl methyl sites for hydroxylation is 2. The molecule has 2 aromatic rings. The molecule has 0 fully saturated rings. The number of hydrogen-bond acceptors (Lipinski definition) is 1. The van der Waals surface area contributed by atoms with Crippen molar-refractivity contribution in [3.05, 3.63) is 65.2 Å². The Labute approximate surface area is 165 Å². The van der Waals surface area contributed by atoms with Crippen molar-refractivity contribution in [2.24, 2.45) is 0 Å². The molecule has 1 atom stereocenters. The molecule has 0 amide bonds. The van der Waals surface area contributed by atoms with Crippen molar-refractivity contribution in [3.63, 3.8) is 0 Å². The first-order chi connectivity index (χ1) is 13.1. The Bertz CT molecular complexity index is 773. The molecule has 1 aliphatic carbocycles. The Hall–Kier alpha value is -2.02. The molecule has 0 spiro atoms. The van der Waals surface area contributed by atoms with Crippen molar-refractivity contribution in [3.8, 4) is 16.9 Å². The smallest absolute Gasteiger partial charge is 0.120 e. The SMILES string of the molecule is C=CC1CCc2c(-c3c(C)cc(OC(CCC)CCC)cc3C)cccc21. The number of hydrogen-bond donors (Lipinski definition) is 0. The van der Waals surface area contributed by atoms with Crippen LogP contribution in [0.5, 0.6) is 5.75 Å². The molecule has 0 radical (unpaired) electrons. The van der Waals surface area contributed by atoms with E-state index < -0.39 is 0 Å². The normalized spacial score (nSPS) is 15.8. The van der Waals surface area contributed by atoms with E-state index in [1.165, 1.54) is 52.6 Å². The van der Waals surface area contributed by atoms with Gasteiger partial charge in [0.1, 0.15) is 5.75 Å². The molecule has 3 rings (SSSR count). The first kappa shape index (κ1) is 19.7. The summed E-state index contributed by atoms with van der Waals surface area (Å²) in [4.78, 5) is 0. The van der Waals surface area contributed by atoms with Crippen LogP contribution >= 0.6 is 0 Å². The summed E-state index contributed by atoms with van der Waals surface area (Å²) in [7, 11) is 0. The molecule has 0 aromatic heterocycles. The lowest BCUT2D eigenvalue weighted by Crippen LogP contribution is -2.16. The van der Waals surface area contributed by atoms with Gasteiger partial charge in [0.05, 0.1) is 6.10 Å². The highest BCUT2D eigenvalue weighted by atomic mass is 16.5. The molecule has 0 saturated carbocycles. The zero-order chi connectivity index (χ0) is 19.4. The molecule has 0 bridgehead atoms. The Morgan fingerprint density at radius 3 is 2.37 bits per heavy atom. The lowest BCUT2D eigenvalue weighted by Gasteiger charge is -2.21. The molecule has 0 saturated heterocycles. The number of rotatable bonds is 8. The van der Waals surface area contributed by atoms with Crippen LogP contribution in [0.4, 0.5) is 0 Å². The summed E-state index contributed by atoms with van der Waals surface area (Å²) in [5.74, 6) is 1.53. The highest BCUT2D eigenvalue weighted by Crippen LogP contribution is 2.42. The van der Waals surface area contributed by atoms with Crippen molar-refractivity contribution in [2.75, 3.05) is 0 Å². The van der Waals surface area contributed by atoms with Gasteiger partial charge in [0.15, 0.2) is 0 Å². The lowest BCUT2D eigenvalue weighted by atomic mass is 9.89. The molecular weight excluding hydrogens is 328 g/mol. The molecule has 27 heavy (non-hydrogen) atoms. The van der Waals surface area contributed by atoms with Crippen LogP contribution in [0.2, 0.25) is 0 Å². The van der Waals surface area contributed by atoms with Crippen LogP contribution in [0.25, 0.3) is 11.1 Å². The Morgan fingerprint density at radius 2 is 1.78 bits per heavy atom. The van der Waals surface area contributed by atoms with E-state index in [-0.39, 0.29) is 0 Å². The van der Waals surface area contributed by atoms with Crippen molar-refractivity contribution < 1.29 is 4.74 Å². The van der Waals surface area contributed by atoms with Crippen molar-refractivity contribution in [2.45, 2.75) is 78.2 Å². The van der Waals surface area contributed by atoms with Crippen molar-refractivity contribution >= 4 is 0 Å². The summed E-state index contributed by atoms with van der Waals surface area (Å²) >= 11 is 0. The fourth-order valence-corrected chi connectivity index (χ4v) is 4.68. The van der Waals surface area contributed by atoms with E-state index in [2.05, 4.69) is 70.7 Å². The summed E-state index contributed by atoms with van der Waals surface area (Å²) in [5, 5.41) is 0. The summed E-state index contributed by atoms with van der Waals surface area (Å²) in [6, 6.07) is 11.2. The average molecular weight is 363 g/mol. The monoisotopic (exact) mass is 362 g/mol. The van der Waals surface area contributed by atoms with Gasteiger partial charge in [-0.3, -0.25) is 0 Å². The van der Waals surface area contributed by atoms with E-state index in [1.807, 2.05) is 0 Å². The molecule has 0 aliphatic heterocycles. The van der Waals surface area contributed by atoms with Crippen LogP contribution in [0, 0.1) is 13.8 Å². The van der Waals surface area contributed by atoms with Gasteiger partial charge in [-0.25, -0.2) is 0 Å². The van der Waals surface area contributed by atoms with Crippen LogP contribution < -0.4 is 4.74 Å². The number of fused-ring (bicyclic) bond motifs is 1. The second-order valence-electron chi connectivity index (χ2n) is 8.00. The van der Waals surface area contributed by atoms with E-state index in [1.54, 1.807) is 0 Å². The first-order valence-electron chi connectivity index (χ1n) is 10.6. The third-order valence-corrected chi connectivity index (χ3v) is 5.90. The Kier molecular flexibility index (Phi) is 6.42. The van der Waals surface area contributed by atoms with Crippen molar-refractivity contribution in [1.29, 1.82) is 0 Å². The summed E-state index contributed by atoms with van der Waals surface area (Å²) in [6.07, 6.45) is 9.36. The first-order valence-corrected chi connectivity index (χ1v) is 10.6. The largest absolute Gasteiger partial charge is 0.490 e. The second-order valence-corrected chi connectivity index (χ2v) is 8.00. The van der Waals surface area contributed by atoms with Crippen LogP contribution in [0.1, 0.15) is 74.1 Å². The molecule has 1 aliphatic rings. The van der Waals surface area contributed by atoms with Crippen LogP contribution in [-0.4, -0.2) is 6.10 Å². The minimum atomic E-state index is 0.332. The molecule has 1 unspecified atom stereocenters. The third kappa shape index (κ3) is 4.13. The second kappa shape index (κ2) is 8.78. The van der Waals surface area contributed by atoms with E-state index in [0.29, 0.717) is 12.0 Å². The fraction of sp³-hybridized carbons (Fsp3) is 0.462. The van der Waals surface area contributed by atoms with Gasteiger partial charge < -0.3 is 4.74 Å². The third-order valence-electron chi connectivity index (χ3n) is 5.90. The predicted octanol–water partition coefficient (Wildman–Crippen LogP) is 7.53. The van der Waals surface area contributed by atoms with Gasteiger partial charge in [-0.05, 0) is 85.0 Å². The molecule has 1 heteroatoms. The molecular formula is C26H34O. The lowest BCUT2D eigenvalue weighted by molar-refractivity contribution is 0.178. The van der Waals surface area contributed by atoms with E-state index >= 15 is 0 Å². The molecule has 1 nitrogen and oxygen atoms in total. The maximum absolute atomic E-state index is 6.36. The van der Waals surface area contributed by atoms with Crippen LogP contribution in [0.15, 0.2) is 43.0 Å². The fourth-order valence-electron chi connectivity index (χ4n) is 4.68. The van der Waals surface area contributed by atoms with Gasteiger partial charge in [0, 0.05) is 5.92 Å². The van der Waals surface area contributed by atoms with E-state index in [0.717, 1.165) is 25.0 Å². The van der Waals surface area contributed by atoms with Gasteiger partial charge in [-0.15, -0.1) is 6.58 Å². The molecule has 144 valence electrons. The molecule has 0 N–H and O–H groups in total. The Balaban J connectivity index is 1.95. The van der Waals surface area contributed by atoms with Crippen LogP contribution in [0.3, 0.4) is 0 Å². The maximum atomic E-state index is 6.36. The average Bonchev–Trinajstić information content (AvgIpc) is 3.05. The quantitative estimate of drug-likeness (QED) is 0.441. The van der Waals surface area contributed by atoms with E-state index in [9.17, 15) is 0 Å². The summed E-state index contributed by atoms with van der Waals surface area (Å²) < 4.78 is 6.36. The number of allylic oxidation sites excluding steroid dienone is 1. The van der Waals surface area contributed by atoms with Gasteiger partial charge in [0.25, 0.3) is 0 Å². The topological polar surface area (TPSA) is 9.23 Å². The van der Waals surface area contributed by atoms with Crippen LogP contribution in [-0.2, 0) is 6.42 Å². The highest BCUT2D eigenvalue weighted by molar-refractivity contribution is 5.76. The van der Waals surface area contributed by atoms with Gasteiger partial charge in [-0.2, -0.15) is 0 Å². The summed E-state index contributed by atoms with van der Waals surface area (Å²) in [6.45, 7) is 13.0. The van der Waals surface area contributed by atoms with Gasteiger partial charge >= 0.3 is 0 Å². The van der Waals surface area contributed by atoms with Crippen molar-refractivity contribution in [1.82, 2.24) is 0 Å². The molecule has 2 aromatic carbocycles. The maximum Gasteiger partial charge on any atom is 0.120 e. The van der Waals surface area contributed by atoms with E-state index in [4.69, 9.17) is 4.74 Å². The standard InChI is InChI=1S/C26H34O/c1-6-10-21(11-7-2)27-22-16-18(4)26(19(5)17-22)25-13-9-12-23-20(8-3)14-15-24(23)25/h8-9,12-13,16-17,20-21H,3,6-7,10-11,14-15H2,1-2,4-5H3. The number of ether oxygens (including phenoxy) is 1. The highest BCUT2D eigenvalue weighted by Gasteiger charge is 2.24. The summed E-state index contributed by atoms with van der Waals surface area (Å²) in [5.41, 5.74) is 8.38. The minimum Gasteiger partial charge on any atom is -0.490 e. The van der Waals surface area contributed by atoms with Gasteiger partial charge in [0.2, 0.25) is 0 Å². The number of benzene rings is 2. The van der Waals surface area contributed by atoms with Gasteiger partial charge in [-0.1, -0.05) is 51.0 Å². The predicted molar refractivity (Wildman–Crippen MR) is 117 cm³/mol.